The number of nitrogens with one attached hydrogen (secondary N) is 1. The molecule has 4 nitrogen and oxygen atoms in total. The molecule has 3 atom stereocenters. The third kappa shape index (κ3) is 2.36. The first-order valence-electron chi connectivity index (χ1n) is 8.70. The zero-order valence-electron chi connectivity index (χ0n) is 14.0. The van der Waals surface area contributed by atoms with E-state index in [1.807, 2.05) is 0 Å². The molecule has 0 aromatic heterocycles. The van der Waals surface area contributed by atoms with Crippen molar-refractivity contribution in [2.45, 2.75) is 31.6 Å². The fourth-order valence-electron chi connectivity index (χ4n) is 4.20. The van der Waals surface area contributed by atoms with Gasteiger partial charge in [-0.1, -0.05) is 36.4 Å². The molecule has 2 aliphatic rings. The van der Waals surface area contributed by atoms with Crippen molar-refractivity contribution in [2.24, 2.45) is 0 Å². The Morgan fingerprint density at radius 1 is 1.12 bits per heavy atom. The molecule has 2 aliphatic heterocycles. The maximum atomic E-state index is 11.5. The summed E-state index contributed by atoms with van der Waals surface area (Å²) in [7, 11) is 0. The molecule has 0 saturated carbocycles. The third-order valence-electron chi connectivity index (χ3n) is 5.32. The maximum absolute atomic E-state index is 11.5. The minimum atomic E-state index is -0.251. The lowest BCUT2D eigenvalue weighted by Gasteiger charge is -2.42. The Labute approximate surface area is 145 Å². The number of ether oxygens (including phenoxy) is 2. The standard InChI is InChI=1S/C21H19NO3/c1-12(23)25-19-11-24-20-10-18(19)16-7-6-15-8-13-4-2-3-5-14(13)9-17(15)21(16)22-20/h2-9,18-20,22H,10-11H2,1H3/t18-,19-,20+/m0/s1. The van der Waals surface area contributed by atoms with Crippen LogP contribution in [-0.2, 0) is 14.3 Å². The van der Waals surface area contributed by atoms with E-state index >= 15 is 0 Å². The number of anilines is 1. The zero-order valence-corrected chi connectivity index (χ0v) is 14.0. The van der Waals surface area contributed by atoms with Crippen LogP contribution in [-0.4, -0.2) is 24.9 Å². The van der Waals surface area contributed by atoms with Crippen LogP contribution in [0.3, 0.4) is 0 Å². The molecule has 5 rings (SSSR count). The Bertz CT molecular complexity index is 997. The fraction of sp³-hybridized carbons (Fsp3) is 0.286. The second-order valence-corrected chi connectivity index (χ2v) is 6.91. The highest BCUT2D eigenvalue weighted by atomic mass is 16.6. The van der Waals surface area contributed by atoms with E-state index in [9.17, 15) is 4.79 Å². The van der Waals surface area contributed by atoms with Gasteiger partial charge < -0.3 is 14.8 Å². The SMILES string of the molecule is CC(=O)O[C@H]1CO[C@@H]2C[C@H]1c1ccc3cc4ccccc4cc3c1N2. The summed E-state index contributed by atoms with van der Waals surface area (Å²) < 4.78 is 11.4. The van der Waals surface area contributed by atoms with Gasteiger partial charge in [-0.2, -0.15) is 0 Å². The van der Waals surface area contributed by atoms with Crippen molar-refractivity contribution in [3.8, 4) is 0 Å². The molecule has 0 radical (unpaired) electrons. The van der Waals surface area contributed by atoms with Gasteiger partial charge in [-0.05, 0) is 33.9 Å². The average molecular weight is 333 g/mol. The first kappa shape index (κ1) is 14.7. The number of carbonyl (C=O) groups excluding carboxylic acids is 1. The van der Waals surface area contributed by atoms with Gasteiger partial charge in [0.05, 0.1) is 6.61 Å². The van der Waals surface area contributed by atoms with Crippen LogP contribution in [0, 0.1) is 0 Å². The van der Waals surface area contributed by atoms with Gasteiger partial charge in [0.2, 0.25) is 0 Å². The molecule has 2 bridgehead atoms. The minimum Gasteiger partial charge on any atom is -0.459 e. The van der Waals surface area contributed by atoms with E-state index in [0.717, 1.165) is 12.1 Å². The Kier molecular flexibility index (Phi) is 3.22. The summed E-state index contributed by atoms with van der Waals surface area (Å²) in [6, 6.07) is 17.2. The molecule has 4 heteroatoms. The maximum Gasteiger partial charge on any atom is 0.303 e. The third-order valence-corrected chi connectivity index (χ3v) is 5.32. The first-order valence-corrected chi connectivity index (χ1v) is 8.70. The van der Waals surface area contributed by atoms with Gasteiger partial charge >= 0.3 is 5.97 Å². The zero-order chi connectivity index (χ0) is 17.0. The lowest BCUT2D eigenvalue weighted by atomic mass is 9.82. The molecule has 1 saturated heterocycles. The van der Waals surface area contributed by atoms with E-state index in [-0.39, 0.29) is 24.2 Å². The number of hydrogen-bond donors (Lipinski definition) is 1. The molecule has 1 N–H and O–H groups in total. The van der Waals surface area contributed by atoms with Crippen molar-refractivity contribution in [3.05, 3.63) is 54.1 Å². The largest absolute Gasteiger partial charge is 0.459 e. The summed E-state index contributed by atoms with van der Waals surface area (Å²) in [6.45, 7) is 1.90. The monoisotopic (exact) mass is 333 g/mol. The summed E-state index contributed by atoms with van der Waals surface area (Å²) in [5.74, 6) is -0.0753. The van der Waals surface area contributed by atoms with Crippen LogP contribution in [0.5, 0.6) is 0 Å². The molecule has 2 heterocycles. The Morgan fingerprint density at radius 2 is 1.92 bits per heavy atom. The molecule has 3 aromatic rings. The molecular weight excluding hydrogens is 314 g/mol. The van der Waals surface area contributed by atoms with Gasteiger partial charge in [0.1, 0.15) is 12.3 Å². The lowest BCUT2D eigenvalue weighted by molar-refractivity contribution is -0.157. The predicted octanol–water partition coefficient (Wildman–Crippen LogP) is 4.18. The Balaban J connectivity index is 1.69. The van der Waals surface area contributed by atoms with Gasteiger partial charge in [0, 0.05) is 30.3 Å². The number of carbonyl (C=O) groups is 1. The summed E-state index contributed by atoms with van der Waals surface area (Å²) >= 11 is 0. The summed E-state index contributed by atoms with van der Waals surface area (Å²) in [6.07, 6.45) is 0.582. The smallest absolute Gasteiger partial charge is 0.303 e. The lowest BCUT2D eigenvalue weighted by Crippen LogP contribution is -2.45. The van der Waals surface area contributed by atoms with Crippen molar-refractivity contribution >= 4 is 33.2 Å². The molecule has 0 aliphatic carbocycles. The van der Waals surface area contributed by atoms with E-state index < -0.39 is 0 Å². The number of rotatable bonds is 1. The van der Waals surface area contributed by atoms with Crippen molar-refractivity contribution in [3.63, 3.8) is 0 Å². The molecule has 0 spiro atoms. The molecular formula is C21H19NO3. The predicted molar refractivity (Wildman–Crippen MR) is 97.7 cm³/mol. The molecule has 126 valence electrons. The van der Waals surface area contributed by atoms with Crippen LogP contribution in [0.15, 0.2) is 48.5 Å². The summed E-state index contributed by atoms with van der Waals surface area (Å²) in [5, 5.41) is 8.40. The molecule has 25 heavy (non-hydrogen) atoms. The van der Waals surface area contributed by atoms with Crippen LogP contribution in [0.4, 0.5) is 5.69 Å². The summed E-state index contributed by atoms with van der Waals surface area (Å²) in [5.41, 5.74) is 2.33. The highest BCUT2D eigenvalue weighted by Crippen LogP contribution is 2.44. The Hall–Kier alpha value is -2.59. The van der Waals surface area contributed by atoms with Crippen LogP contribution in [0.1, 0.15) is 24.8 Å². The van der Waals surface area contributed by atoms with Crippen LogP contribution in [0.25, 0.3) is 21.5 Å². The molecule has 0 amide bonds. The van der Waals surface area contributed by atoms with Gasteiger partial charge in [-0.25, -0.2) is 0 Å². The number of fused-ring (bicyclic) bond motifs is 7. The topological polar surface area (TPSA) is 47.6 Å². The van der Waals surface area contributed by atoms with Crippen LogP contribution >= 0.6 is 0 Å². The average Bonchev–Trinajstić information content (AvgIpc) is 2.62. The van der Waals surface area contributed by atoms with E-state index in [0.29, 0.717) is 6.61 Å². The second kappa shape index (κ2) is 5.46. The van der Waals surface area contributed by atoms with Crippen molar-refractivity contribution in [2.75, 3.05) is 11.9 Å². The first-order chi connectivity index (χ1) is 12.2. The molecule has 0 unspecified atom stereocenters. The van der Waals surface area contributed by atoms with E-state index in [4.69, 9.17) is 9.47 Å². The van der Waals surface area contributed by atoms with Gasteiger partial charge in [-0.3, -0.25) is 4.79 Å². The molecule has 1 fully saturated rings. The number of hydrogen-bond acceptors (Lipinski definition) is 4. The highest BCUT2D eigenvalue weighted by Gasteiger charge is 2.39. The molecule has 3 aromatic carbocycles. The van der Waals surface area contributed by atoms with Crippen LogP contribution < -0.4 is 5.32 Å². The number of esters is 1. The quantitative estimate of drug-likeness (QED) is 0.536. The van der Waals surface area contributed by atoms with E-state index in [2.05, 4.69) is 53.8 Å². The fourth-order valence-corrected chi connectivity index (χ4v) is 4.20. The van der Waals surface area contributed by atoms with E-state index in [1.54, 1.807) is 0 Å². The van der Waals surface area contributed by atoms with Gasteiger partial charge in [-0.15, -0.1) is 0 Å². The van der Waals surface area contributed by atoms with E-state index in [1.165, 1.54) is 34.0 Å². The van der Waals surface area contributed by atoms with Crippen LogP contribution in [0.2, 0.25) is 0 Å². The van der Waals surface area contributed by atoms with Gasteiger partial charge in [0.15, 0.2) is 0 Å². The van der Waals surface area contributed by atoms with Crippen molar-refractivity contribution < 1.29 is 14.3 Å². The number of benzene rings is 3. The van der Waals surface area contributed by atoms with Gasteiger partial charge in [0.25, 0.3) is 0 Å². The second-order valence-electron chi connectivity index (χ2n) is 6.91. The highest BCUT2D eigenvalue weighted by molar-refractivity contribution is 6.05. The minimum absolute atomic E-state index is 0.0265. The van der Waals surface area contributed by atoms with Crippen molar-refractivity contribution in [1.29, 1.82) is 0 Å². The summed E-state index contributed by atoms with van der Waals surface area (Å²) in [4.78, 5) is 11.5. The normalized spacial score (nSPS) is 24.6. The Morgan fingerprint density at radius 3 is 2.72 bits per heavy atom. The van der Waals surface area contributed by atoms with Crippen molar-refractivity contribution in [1.82, 2.24) is 0 Å².